The fraction of sp³-hybridized carbons (Fsp3) is 0.333. The van der Waals surface area contributed by atoms with Gasteiger partial charge in [0.15, 0.2) is 11.5 Å². The maximum atomic E-state index is 12.9. The smallest absolute Gasteiger partial charge is 0.315 e. The van der Waals surface area contributed by atoms with E-state index < -0.39 is 21.9 Å². The van der Waals surface area contributed by atoms with Crippen molar-refractivity contribution < 1.29 is 22.7 Å². The molecule has 1 atom stereocenters. The molecule has 0 aliphatic carbocycles. The van der Waals surface area contributed by atoms with Crippen LogP contribution in [0.5, 0.6) is 11.5 Å². The number of hydrogen-bond acceptors (Lipinski definition) is 6. The Labute approximate surface area is 191 Å². The zero-order chi connectivity index (χ0) is 22.6. The van der Waals surface area contributed by atoms with Crippen LogP contribution in [-0.2, 0) is 14.8 Å². The van der Waals surface area contributed by atoms with Gasteiger partial charge in [0.1, 0.15) is 0 Å². The summed E-state index contributed by atoms with van der Waals surface area (Å²) in [7, 11) is -3.77. The van der Waals surface area contributed by atoms with E-state index in [1.54, 1.807) is 6.92 Å². The largest absolute Gasteiger partial charge is 0.490 e. The summed E-state index contributed by atoms with van der Waals surface area (Å²) in [6.45, 7) is 2.32. The number of hydrogen-bond donors (Lipinski definition) is 0. The zero-order valence-corrected chi connectivity index (χ0v) is 19.0. The van der Waals surface area contributed by atoms with Gasteiger partial charge >= 0.3 is 5.97 Å². The number of ether oxygens (including phenoxy) is 2. The van der Waals surface area contributed by atoms with Crippen LogP contribution in [0.2, 0.25) is 10.0 Å². The van der Waals surface area contributed by atoms with Gasteiger partial charge in [0.25, 0.3) is 0 Å². The van der Waals surface area contributed by atoms with Gasteiger partial charge in [-0.25, -0.2) is 8.42 Å². The number of halogens is 2. The minimum absolute atomic E-state index is 0.0122. The number of rotatable bonds is 6. The monoisotopic (exact) mass is 482 g/mol. The van der Waals surface area contributed by atoms with E-state index >= 15 is 0 Å². The third kappa shape index (κ3) is 5.31. The lowest BCUT2D eigenvalue weighted by molar-refractivity contribution is -0.140. The van der Waals surface area contributed by atoms with Crippen molar-refractivity contribution in [2.75, 3.05) is 19.7 Å². The molecule has 7 nitrogen and oxygen atoms in total. The van der Waals surface area contributed by atoms with E-state index in [0.717, 1.165) is 0 Å². The second-order valence-electron chi connectivity index (χ2n) is 6.91. The fourth-order valence-electron chi connectivity index (χ4n) is 3.29. The van der Waals surface area contributed by atoms with Crippen molar-refractivity contribution in [1.82, 2.24) is 4.31 Å². The lowest BCUT2D eigenvalue weighted by Crippen LogP contribution is -2.43. The number of nitriles is 1. The van der Waals surface area contributed by atoms with E-state index in [1.165, 1.54) is 40.7 Å². The maximum absolute atomic E-state index is 12.9. The third-order valence-corrected chi connectivity index (χ3v) is 7.22. The van der Waals surface area contributed by atoms with Gasteiger partial charge in [-0.2, -0.15) is 9.57 Å². The van der Waals surface area contributed by atoms with Crippen LogP contribution in [0.25, 0.3) is 0 Å². The zero-order valence-electron chi connectivity index (χ0n) is 16.7. The molecular weight excluding hydrogens is 463 g/mol. The highest BCUT2D eigenvalue weighted by molar-refractivity contribution is 7.89. The fourth-order valence-corrected chi connectivity index (χ4v) is 5.19. The van der Waals surface area contributed by atoms with Crippen LogP contribution in [0.3, 0.4) is 0 Å². The summed E-state index contributed by atoms with van der Waals surface area (Å²) >= 11 is 12.0. The van der Waals surface area contributed by atoms with Crippen molar-refractivity contribution >= 4 is 39.2 Å². The molecule has 1 heterocycles. The molecule has 0 spiro atoms. The number of carbonyl (C=O) groups excluding carboxylic acids is 1. The Morgan fingerprint density at radius 2 is 1.97 bits per heavy atom. The lowest BCUT2D eigenvalue weighted by atomic mass is 10.00. The van der Waals surface area contributed by atoms with Gasteiger partial charge < -0.3 is 9.47 Å². The highest BCUT2D eigenvalue weighted by Gasteiger charge is 2.35. The van der Waals surface area contributed by atoms with Crippen LogP contribution in [-0.4, -0.2) is 38.4 Å². The van der Waals surface area contributed by atoms with E-state index in [-0.39, 0.29) is 40.1 Å². The molecule has 2 aromatic carbocycles. The number of benzene rings is 2. The maximum Gasteiger partial charge on any atom is 0.315 e. The van der Waals surface area contributed by atoms with E-state index in [4.69, 9.17) is 37.9 Å². The van der Waals surface area contributed by atoms with Gasteiger partial charge in [-0.1, -0.05) is 23.2 Å². The first-order chi connectivity index (χ1) is 14.8. The van der Waals surface area contributed by atoms with Gasteiger partial charge in [-0.05, 0) is 50.1 Å². The van der Waals surface area contributed by atoms with Gasteiger partial charge in [-0.3, -0.25) is 4.79 Å². The predicted octanol–water partition coefficient (Wildman–Crippen LogP) is 4.27. The molecule has 3 rings (SSSR count). The molecule has 1 fully saturated rings. The number of esters is 1. The van der Waals surface area contributed by atoms with Crippen molar-refractivity contribution in [3.05, 3.63) is 52.0 Å². The Balaban J connectivity index is 1.79. The molecule has 164 valence electrons. The Morgan fingerprint density at radius 1 is 1.26 bits per heavy atom. The van der Waals surface area contributed by atoms with Crippen LogP contribution in [0, 0.1) is 17.2 Å². The summed E-state index contributed by atoms with van der Waals surface area (Å²) in [6, 6.07) is 10.7. The molecule has 1 aliphatic rings. The van der Waals surface area contributed by atoms with Crippen molar-refractivity contribution in [2.24, 2.45) is 5.92 Å². The van der Waals surface area contributed by atoms with Gasteiger partial charge in [0.2, 0.25) is 10.0 Å². The Kier molecular flexibility index (Phi) is 7.44. The van der Waals surface area contributed by atoms with Gasteiger partial charge in [0, 0.05) is 24.2 Å². The topological polar surface area (TPSA) is 96.7 Å². The van der Waals surface area contributed by atoms with Crippen molar-refractivity contribution in [2.45, 2.75) is 24.7 Å². The van der Waals surface area contributed by atoms with E-state index in [2.05, 4.69) is 0 Å². The average molecular weight is 483 g/mol. The molecule has 2 aromatic rings. The first kappa shape index (κ1) is 23.4. The lowest BCUT2D eigenvalue weighted by Gasteiger charge is -2.30. The molecule has 1 unspecified atom stereocenters. The van der Waals surface area contributed by atoms with Crippen molar-refractivity contribution in [3.63, 3.8) is 0 Å². The summed E-state index contributed by atoms with van der Waals surface area (Å²) in [5.41, 5.74) is 0.270. The molecule has 0 aromatic heterocycles. The highest BCUT2D eigenvalue weighted by Crippen LogP contribution is 2.37. The normalized spacial score (nSPS) is 17.0. The quantitative estimate of drug-likeness (QED) is 0.450. The molecule has 0 radical (unpaired) electrons. The molecule has 0 bridgehead atoms. The molecule has 0 saturated carbocycles. The highest BCUT2D eigenvalue weighted by atomic mass is 35.5. The van der Waals surface area contributed by atoms with Crippen LogP contribution in [0.15, 0.2) is 41.3 Å². The molecule has 1 saturated heterocycles. The summed E-state index contributed by atoms with van der Waals surface area (Å²) in [5.74, 6) is -1.08. The average Bonchev–Trinajstić information content (AvgIpc) is 2.76. The summed E-state index contributed by atoms with van der Waals surface area (Å²) in [5, 5.41) is 9.60. The summed E-state index contributed by atoms with van der Waals surface area (Å²) < 4.78 is 38.1. The molecular formula is C21H20Cl2N2O5S. The van der Waals surface area contributed by atoms with Crippen molar-refractivity contribution in [3.8, 4) is 17.6 Å². The van der Waals surface area contributed by atoms with Crippen molar-refractivity contribution in [1.29, 1.82) is 5.26 Å². The van der Waals surface area contributed by atoms with E-state index in [0.29, 0.717) is 24.4 Å². The molecule has 0 amide bonds. The third-order valence-electron chi connectivity index (χ3n) is 4.81. The van der Waals surface area contributed by atoms with Crippen LogP contribution >= 0.6 is 23.2 Å². The second-order valence-corrected chi connectivity index (χ2v) is 9.69. The minimum atomic E-state index is -3.77. The number of piperidine rings is 1. The molecule has 0 N–H and O–H groups in total. The predicted molar refractivity (Wildman–Crippen MR) is 116 cm³/mol. The molecule has 1 aliphatic heterocycles. The van der Waals surface area contributed by atoms with E-state index in [1.807, 2.05) is 6.07 Å². The molecule has 10 heteroatoms. The number of nitrogens with zero attached hydrogens (tertiary/aromatic N) is 2. The van der Waals surface area contributed by atoms with Crippen LogP contribution in [0.1, 0.15) is 25.3 Å². The van der Waals surface area contributed by atoms with Gasteiger partial charge in [0.05, 0.1) is 34.1 Å². The summed E-state index contributed by atoms with van der Waals surface area (Å²) in [4.78, 5) is 13.0. The second kappa shape index (κ2) is 9.88. The Hall–Kier alpha value is -2.31. The molecule has 31 heavy (non-hydrogen) atoms. The standard InChI is InChI=1S/C21H20Cl2N2O5S/c1-2-29-19-11-14(12-24)10-18(23)20(19)30-21(26)15-4-3-9-25(13-15)31(27,28)17-7-5-16(22)6-8-17/h5-8,10-11,15H,2-4,9,13H2,1H3. The summed E-state index contributed by atoms with van der Waals surface area (Å²) in [6.07, 6.45) is 0.981. The first-order valence-electron chi connectivity index (χ1n) is 9.60. The Bertz CT molecular complexity index is 1110. The van der Waals surface area contributed by atoms with E-state index in [9.17, 15) is 13.2 Å². The number of carbonyl (C=O) groups is 1. The SMILES string of the molecule is CCOc1cc(C#N)cc(Cl)c1OC(=O)C1CCCN(S(=O)(=O)c2ccc(Cl)cc2)C1. The minimum Gasteiger partial charge on any atom is -0.490 e. The number of sulfonamides is 1. The first-order valence-corrected chi connectivity index (χ1v) is 11.8. The van der Waals surface area contributed by atoms with Crippen LogP contribution in [0.4, 0.5) is 0 Å². The Morgan fingerprint density at radius 3 is 2.61 bits per heavy atom. The van der Waals surface area contributed by atoms with Gasteiger partial charge in [-0.15, -0.1) is 0 Å². The van der Waals surface area contributed by atoms with Crippen LogP contribution < -0.4 is 9.47 Å².